The minimum Gasteiger partial charge on any atom is -0.398 e. The molecule has 0 fully saturated rings. The Labute approximate surface area is 110 Å². The molecule has 0 saturated heterocycles. The third kappa shape index (κ3) is 3.84. The number of alkyl halides is 3. The molecule has 0 aliphatic rings. The van der Waals surface area contributed by atoms with Gasteiger partial charge in [0.05, 0.1) is 12.1 Å². The molecule has 1 aromatic carbocycles. The molecule has 2 N–H and O–H groups in total. The van der Waals surface area contributed by atoms with Crippen LogP contribution >= 0.6 is 0 Å². The van der Waals surface area contributed by atoms with Crippen LogP contribution in [0.2, 0.25) is 0 Å². The van der Waals surface area contributed by atoms with Crippen molar-refractivity contribution < 1.29 is 21.6 Å². The lowest BCUT2D eigenvalue weighted by molar-refractivity contribution is -0.135. The van der Waals surface area contributed by atoms with Crippen molar-refractivity contribution in [3.63, 3.8) is 0 Å². The van der Waals surface area contributed by atoms with Gasteiger partial charge in [0.15, 0.2) is 0 Å². The third-order valence-corrected chi connectivity index (χ3v) is 4.70. The average Bonchev–Trinajstić information content (AvgIpc) is 2.24. The number of hydrogen-bond donors (Lipinski definition) is 1. The molecule has 0 aromatic heterocycles. The Hall–Kier alpha value is -1.28. The van der Waals surface area contributed by atoms with Crippen molar-refractivity contribution in [2.45, 2.75) is 24.4 Å². The lowest BCUT2D eigenvalue weighted by Gasteiger charge is -2.20. The van der Waals surface area contributed by atoms with Gasteiger partial charge in [0.1, 0.15) is 4.90 Å². The molecule has 0 radical (unpaired) electrons. The fraction of sp³-hybridized carbons (Fsp3) is 0.455. The summed E-state index contributed by atoms with van der Waals surface area (Å²) in [5.41, 5.74) is 6.03. The number of aryl methyl sites for hydroxylation is 1. The van der Waals surface area contributed by atoms with Gasteiger partial charge in [-0.2, -0.15) is 13.2 Å². The van der Waals surface area contributed by atoms with Crippen LogP contribution in [0.25, 0.3) is 0 Å². The number of rotatable bonds is 4. The second kappa shape index (κ2) is 5.38. The summed E-state index contributed by atoms with van der Waals surface area (Å²) in [5.74, 6) is 0. The minimum atomic E-state index is -4.40. The van der Waals surface area contributed by atoms with Crippen LogP contribution in [-0.2, 0) is 10.0 Å². The van der Waals surface area contributed by atoms with Crippen molar-refractivity contribution in [1.29, 1.82) is 0 Å². The van der Waals surface area contributed by atoms with Gasteiger partial charge in [-0.25, -0.2) is 12.7 Å². The van der Waals surface area contributed by atoms with Crippen molar-refractivity contribution in [3.05, 3.63) is 23.8 Å². The van der Waals surface area contributed by atoms with Crippen molar-refractivity contribution in [2.75, 3.05) is 19.3 Å². The molecule has 0 aliphatic carbocycles. The summed E-state index contributed by atoms with van der Waals surface area (Å²) in [4.78, 5) is -0.139. The molecular formula is C11H15F3N2O2S. The van der Waals surface area contributed by atoms with E-state index in [1.54, 1.807) is 19.1 Å². The number of halogens is 3. The summed E-state index contributed by atoms with van der Waals surface area (Å²) in [7, 11) is -2.91. The smallest absolute Gasteiger partial charge is 0.390 e. The second-order valence-electron chi connectivity index (χ2n) is 4.19. The number of benzene rings is 1. The fourth-order valence-electron chi connectivity index (χ4n) is 1.59. The number of nitrogens with two attached hydrogens (primary N) is 1. The summed E-state index contributed by atoms with van der Waals surface area (Å²) < 4.78 is 61.4. The van der Waals surface area contributed by atoms with Crippen molar-refractivity contribution >= 4 is 15.7 Å². The Morgan fingerprint density at radius 3 is 2.37 bits per heavy atom. The van der Waals surface area contributed by atoms with Gasteiger partial charge in [-0.3, -0.25) is 0 Å². The monoisotopic (exact) mass is 296 g/mol. The third-order valence-electron chi connectivity index (χ3n) is 2.62. The van der Waals surface area contributed by atoms with Crippen molar-refractivity contribution in [3.8, 4) is 0 Å². The van der Waals surface area contributed by atoms with E-state index < -0.39 is 29.2 Å². The maximum Gasteiger partial charge on any atom is 0.390 e. The number of hydrogen-bond acceptors (Lipinski definition) is 3. The fourth-order valence-corrected chi connectivity index (χ4v) is 3.07. The van der Waals surface area contributed by atoms with Crippen LogP contribution < -0.4 is 5.73 Å². The van der Waals surface area contributed by atoms with E-state index in [-0.39, 0.29) is 10.6 Å². The predicted octanol–water partition coefficient (Wildman–Crippen LogP) is 2.15. The van der Waals surface area contributed by atoms with Gasteiger partial charge in [0.2, 0.25) is 10.0 Å². The Morgan fingerprint density at radius 1 is 1.32 bits per heavy atom. The molecule has 0 unspecified atom stereocenters. The predicted molar refractivity (Wildman–Crippen MR) is 66.1 cm³/mol. The molecule has 0 amide bonds. The molecule has 0 spiro atoms. The summed E-state index contributed by atoms with van der Waals surface area (Å²) in [6.45, 7) is 0.903. The number of nitrogens with zero attached hydrogens (tertiary/aromatic N) is 1. The lowest BCUT2D eigenvalue weighted by atomic mass is 10.2. The lowest BCUT2D eigenvalue weighted by Crippen LogP contribution is -2.31. The average molecular weight is 296 g/mol. The van der Waals surface area contributed by atoms with Gasteiger partial charge in [0, 0.05) is 13.6 Å². The van der Waals surface area contributed by atoms with Crippen molar-refractivity contribution in [1.82, 2.24) is 4.31 Å². The molecule has 4 nitrogen and oxygen atoms in total. The van der Waals surface area contributed by atoms with Crippen LogP contribution in [0, 0.1) is 6.92 Å². The Morgan fingerprint density at radius 2 is 1.89 bits per heavy atom. The summed E-state index contributed by atoms with van der Waals surface area (Å²) in [6, 6.07) is 4.53. The quantitative estimate of drug-likeness (QED) is 0.866. The van der Waals surface area contributed by atoms with Gasteiger partial charge in [-0.1, -0.05) is 12.1 Å². The van der Waals surface area contributed by atoms with Crippen LogP contribution in [-0.4, -0.2) is 32.5 Å². The maximum absolute atomic E-state index is 12.2. The standard InChI is InChI=1S/C11H15F3N2O2S/c1-8-4-3-5-9(15)10(8)19(17,18)16(2)7-6-11(12,13)14/h3-5H,6-7,15H2,1-2H3. The van der Waals surface area contributed by atoms with E-state index in [1.807, 2.05) is 0 Å². The highest BCUT2D eigenvalue weighted by atomic mass is 32.2. The number of sulfonamides is 1. The van der Waals surface area contributed by atoms with E-state index in [1.165, 1.54) is 6.07 Å². The normalized spacial score (nSPS) is 12.9. The largest absolute Gasteiger partial charge is 0.398 e. The van der Waals surface area contributed by atoms with Crippen LogP contribution in [0.3, 0.4) is 0 Å². The van der Waals surface area contributed by atoms with Gasteiger partial charge < -0.3 is 5.73 Å². The van der Waals surface area contributed by atoms with E-state index >= 15 is 0 Å². The Kier molecular flexibility index (Phi) is 4.46. The van der Waals surface area contributed by atoms with Crippen LogP contribution in [0.5, 0.6) is 0 Å². The topological polar surface area (TPSA) is 63.4 Å². The van der Waals surface area contributed by atoms with E-state index in [0.717, 1.165) is 7.05 Å². The highest BCUT2D eigenvalue weighted by molar-refractivity contribution is 7.89. The molecule has 0 bridgehead atoms. The first kappa shape index (κ1) is 15.8. The zero-order chi connectivity index (χ0) is 14.8. The van der Waals surface area contributed by atoms with E-state index in [0.29, 0.717) is 9.87 Å². The molecule has 0 aliphatic heterocycles. The Bertz CT molecular complexity index is 535. The van der Waals surface area contributed by atoms with Crippen LogP contribution in [0.4, 0.5) is 18.9 Å². The Balaban J connectivity index is 3.04. The summed E-state index contributed by atoms with van der Waals surface area (Å²) in [5, 5.41) is 0. The molecule has 0 saturated carbocycles. The number of anilines is 1. The van der Waals surface area contributed by atoms with E-state index in [9.17, 15) is 21.6 Å². The molecular weight excluding hydrogens is 281 g/mol. The highest BCUT2D eigenvalue weighted by Crippen LogP contribution is 2.27. The zero-order valence-corrected chi connectivity index (χ0v) is 11.3. The first-order valence-electron chi connectivity index (χ1n) is 5.44. The molecule has 1 aromatic rings. The molecule has 0 atom stereocenters. The zero-order valence-electron chi connectivity index (χ0n) is 10.5. The minimum absolute atomic E-state index is 0.0267. The summed E-state index contributed by atoms with van der Waals surface area (Å²) >= 11 is 0. The molecule has 19 heavy (non-hydrogen) atoms. The summed E-state index contributed by atoms with van der Waals surface area (Å²) in [6.07, 6.45) is -5.60. The van der Waals surface area contributed by atoms with Crippen LogP contribution in [0.1, 0.15) is 12.0 Å². The van der Waals surface area contributed by atoms with Crippen LogP contribution in [0.15, 0.2) is 23.1 Å². The van der Waals surface area contributed by atoms with Gasteiger partial charge in [-0.15, -0.1) is 0 Å². The molecule has 0 heterocycles. The van der Waals surface area contributed by atoms with Gasteiger partial charge in [-0.05, 0) is 18.6 Å². The SMILES string of the molecule is Cc1cccc(N)c1S(=O)(=O)N(C)CCC(F)(F)F. The van der Waals surface area contributed by atoms with E-state index in [2.05, 4.69) is 0 Å². The molecule has 8 heteroatoms. The van der Waals surface area contributed by atoms with E-state index in [4.69, 9.17) is 5.73 Å². The molecule has 108 valence electrons. The first-order chi connectivity index (χ1) is 8.55. The maximum atomic E-state index is 12.2. The van der Waals surface area contributed by atoms with Gasteiger partial charge in [0.25, 0.3) is 0 Å². The van der Waals surface area contributed by atoms with Gasteiger partial charge >= 0.3 is 6.18 Å². The second-order valence-corrected chi connectivity index (χ2v) is 6.17. The highest BCUT2D eigenvalue weighted by Gasteiger charge is 2.31. The first-order valence-corrected chi connectivity index (χ1v) is 6.88. The molecule has 1 rings (SSSR count). The number of nitrogen functional groups attached to an aromatic ring is 1. The van der Waals surface area contributed by atoms with Crippen molar-refractivity contribution in [2.24, 2.45) is 0 Å².